The van der Waals surface area contributed by atoms with E-state index in [1.54, 1.807) is 25.3 Å². The molecule has 1 heterocycles. The van der Waals surface area contributed by atoms with Gasteiger partial charge in [0.2, 0.25) is 0 Å². The molecular formula is C15H20N4O2. The number of nitrogen functional groups attached to an aromatic ring is 1. The van der Waals surface area contributed by atoms with Gasteiger partial charge >= 0.3 is 5.97 Å². The van der Waals surface area contributed by atoms with E-state index in [-0.39, 0.29) is 0 Å². The van der Waals surface area contributed by atoms with Crippen molar-refractivity contribution in [1.29, 1.82) is 0 Å². The van der Waals surface area contributed by atoms with Gasteiger partial charge in [-0.05, 0) is 39.0 Å². The highest BCUT2D eigenvalue weighted by Gasteiger charge is 2.12. The van der Waals surface area contributed by atoms with E-state index in [9.17, 15) is 4.79 Å². The normalized spacial score (nSPS) is 10.7. The quantitative estimate of drug-likeness (QED) is 0.653. The van der Waals surface area contributed by atoms with Crippen LogP contribution in [0.2, 0.25) is 0 Å². The summed E-state index contributed by atoms with van der Waals surface area (Å²) in [6, 6.07) is 5.47. The second-order valence-electron chi connectivity index (χ2n) is 4.95. The van der Waals surface area contributed by atoms with Crippen LogP contribution < -0.4 is 11.1 Å². The molecule has 0 radical (unpaired) electrons. The van der Waals surface area contributed by atoms with E-state index in [0.717, 1.165) is 11.4 Å². The zero-order chi connectivity index (χ0) is 15.4. The van der Waals surface area contributed by atoms with E-state index in [4.69, 9.17) is 10.5 Å². The van der Waals surface area contributed by atoms with Gasteiger partial charge < -0.3 is 15.8 Å². The number of hydrogen-bond acceptors (Lipinski definition) is 5. The first-order chi connectivity index (χ1) is 10.0. The Morgan fingerprint density at radius 1 is 1.43 bits per heavy atom. The summed E-state index contributed by atoms with van der Waals surface area (Å²) in [5.41, 5.74) is 8.18. The fraction of sp³-hybridized carbons (Fsp3) is 0.333. The van der Waals surface area contributed by atoms with E-state index in [1.165, 1.54) is 0 Å². The fourth-order valence-corrected chi connectivity index (χ4v) is 1.87. The summed E-state index contributed by atoms with van der Waals surface area (Å²) < 4.78 is 6.84. The lowest BCUT2D eigenvalue weighted by atomic mass is 10.1. The average Bonchev–Trinajstić information content (AvgIpc) is 2.90. The molecule has 3 N–H and O–H groups in total. The van der Waals surface area contributed by atoms with Crippen molar-refractivity contribution in [2.45, 2.75) is 26.8 Å². The molecule has 21 heavy (non-hydrogen) atoms. The van der Waals surface area contributed by atoms with Gasteiger partial charge in [0.05, 0.1) is 24.1 Å². The molecular weight excluding hydrogens is 268 g/mol. The van der Waals surface area contributed by atoms with Crippen molar-refractivity contribution in [3.8, 4) is 0 Å². The van der Waals surface area contributed by atoms with E-state index in [0.29, 0.717) is 23.9 Å². The zero-order valence-corrected chi connectivity index (χ0v) is 12.5. The van der Waals surface area contributed by atoms with E-state index in [1.807, 2.05) is 16.9 Å². The number of hydrogen-bond donors (Lipinski definition) is 2. The Bertz CT molecular complexity index is 634. The first-order valence-electron chi connectivity index (χ1n) is 6.89. The SMILES string of the molecule is CCOC(=O)c1cc(Nc2cnn(C(C)C)c2)ccc1N. The first kappa shape index (κ1) is 14.9. The van der Waals surface area contributed by atoms with Crippen molar-refractivity contribution >= 4 is 23.0 Å². The van der Waals surface area contributed by atoms with E-state index < -0.39 is 5.97 Å². The summed E-state index contributed by atoms with van der Waals surface area (Å²) in [6.45, 7) is 6.19. The van der Waals surface area contributed by atoms with E-state index in [2.05, 4.69) is 24.3 Å². The molecule has 0 fully saturated rings. The summed E-state index contributed by atoms with van der Waals surface area (Å²) in [5, 5.41) is 7.45. The molecule has 6 nitrogen and oxygen atoms in total. The van der Waals surface area contributed by atoms with Crippen LogP contribution in [0, 0.1) is 0 Å². The minimum absolute atomic E-state index is 0.294. The number of nitrogens with two attached hydrogens (primary N) is 1. The van der Waals surface area contributed by atoms with Gasteiger partial charge in [0.25, 0.3) is 0 Å². The Morgan fingerprint density at radius 2 is 2.19 bits per heavy atom. The van der Waals surface area contributed by atoms with Crippen LogP contribution in [-0.4, -0.2) is 22.4 Å². The zero-order valence-electron chi connectivity index (χ0n) is 12.5. The number of rotatable bonds is 5. The largest absolute Gasteiger partial charge is 0.462 e. The predicted molar refractivity (Wildman–Crippen MR) is 82.7 cm³/mol. The highest BCUT2D eigenvalue weighted by Crippen LogP contribution is 2.22. The third-order valence-electron chi connectivity index (χ3n) is 2.97. The third-order valence-corrected chi connectivity index (χ3v) is 2.97. The number of aromatic nitrogens is 2. The van der Waals surface area contributed by atoms with Crippen LogP contribution in [0.3, 0.4) is 0 Å². The number of ether oxygens (including phenoxy) is 1. The molecule has 112 valence electrons. The molecule has 0 aliphatic rings. The topological polar surface area (TPSA) is 82.2 Å². The van der Waals surface area contributed by atoms with Crippen molar-refractivity contribution in [2.75, 3.05) is 17.7 Å². The number of anilines is 3. The molecule has 0 aliphatic carbocycles. The van der Waals surface area contributed by atoms with Crippen molar-refractivity contribution < 1.29 is 9.53 Å². The average molecular weight is 288 g/mol. The van der Waals surface area contributed by atoms with Crippen LogP contribution in [0.1, 0.15) is 37.2 Å². The second kappa shape index (κ2) is 6.30. The Hall–Kier alpha value is -2.50. The molecule has 0 spiro atoms. The number of nitrogens with one attached hydrogen (secondary N) is 1. The van der Waals surface area contributed by atoms with Crippen LogP contribution in [0.5, 0.6) is 0 Å². The highest BCUT2D eigenvalue weighted by molar-refractivity contribution is 5.96. The monoisotopic (exact) mass is 288 g/mol. The minimum atomic E-state index is -0.420. The molecule has 0 aliphatic heterocycles. The third kappa shape index (κ3) is 3.53. The number of esters is 1. The van der Waals surface area contributed by atoms with Gasteiger partial charge in [-0.1, -0.05) is 0 Å². The van der Waals surface area contributed by atoms with Crippen LogP contribution in [-0.2, 0) is 4.74 Å². The van der Waals surface area contributed by atoms with Gasteiger partial charge in [-0.3, -0.25) is 4.68 Å². The van der Waals surface area contributed by atoms with Gasteiger partial charge in [-0.2, -0.15) is 5.10 Å². The molecule has 1 aromatic carbocycles. The minimum Gasteiger partial charge on any atom is -0.462 e. The van der Waals surface area contributed by atoms with E-state index >= 15 is 0 Å². The molecule has 2 aromatic rings. The molecule has 0 atom stereocenters. The molecule has 6 heteroatoms. The smallest absolute Gasteiger partial charge is 0.340 e. The van der Waals surface area contributed by atoms with Crippen molar-refractivity contribution in [3.63, 3.8) is 0 Å². The molecule has 2 rings (SSSR count). The molecule has 0 amide bonds. The number of carbonyl (C=O) groups excluding carboxylic acids is 1. The highest BCUT2D eigenvalue weighted by atomic mass is 16.5. The summed E-state index contributed by atoms with van der Waals surface area (Å²) in [6.07, 6.45) is 3.64. The molecule has 0 saturated heterocycles. The predicted octanol–water partition coefficient (Wildman–Crippen LogP) is 2.97. The number of benzene rings is 1. The van der Waals surface area contributed by atoms with Crippen LogP contribution >= 0.6 is 0 Å². The lowest BCUT2D eigenvalue weighted by molar-refractivity contribution is 0.0527. The standard InChI is InChI=1S/C15H20N4O2/c1-4-21-15(20)13-7-11(5-6-14(13)16)18-12-8-17-19(9-12)10(2)3/h5-10,18H,4,16H2,1-3H3. The van der Waals surface area contributed by atoms with Gasteiger partial charge in [0, 0.05) is 23.6 Å². The number of carbonyl (C=O) groups is 1. The van der Waals surface area contributed by atoms with Crippen molar-refractivity contribution in [1.82, 2.24) is 9.78 Å². The van der Waals surface area contributed by atoms with Gasteiger partial charge in [-0.25, -0.2) is 4.79 Å². The molecule has 0 saturated carbocycles. The Balaban J connectivity index is 2.20. The lowest BCUT2D eigenvalue weighted by Gasteiger charge is -2.09. The fourth-order valence-electron chi connectivity index (χ4n) is 1.87. The first-order valence-corrected chi connectivity index (χ1v) is 6.89. The van der Waals surface area contributed by atoms with Crippen LogP contribution in [0.15, 0.2) is 30.6 Å². The van der Waals surface area contributed by atoms with Crippen molar-refractivity contribution in [3.05, 3.63) is 36.2 Å². The van der Waals surface area contributed by atoms with Crippen LogP contribution in [0.4, 0.5) is 17.1 Å². The van der Waals surface area contributed by atoms with Gasteiger partial charge in [-0.15, -0.1) is 0 Å². The summed E-state index contributed by atoms with van der Waals surface area (Å²) in [7, 11) is 0. The van der Waals surface area contributed by atoms with Crippen LogP contribution in [0.25, 0.3) is 0 Å². The Kier molecular flexibility index (Phi) is 4.47. The summed E-state index contributed by atoms with van der Waals surface area (Å²) in [5.74, 6) is -0.420. The number of nitrogens with zero attached hydrogens (tertiary/aromatic N) is 2. The summed E-state index contributed by atoms with van der Waals surface area (Å²) >= 11 is 0. The lowest BCUT2D eigenvalue weighted by Crippen LogP contribution is -2.08. The Morgan fingerprint density at radius 3 is 2.81 bits per heavy atom. The maximum Gasteiger partial charge on any atom is 0.340 e. The molecule has 0 bridgehead atoms. The second-order valence-corrected chi connectivity index (χ2v) is 4.95. The van der Waals surface area contributed by atoms with Crippen molar-refractivity contribution in [2.24, 2.45) is 0 Å². The van der Waals surface area contributed by atoms with Gasteiger partial charge in [0.15, 0.2) is 0 Å². The Labute approximate surface area is 123 Å². The maximum atomic E-state index is 11.8. The molecule has 1 aromatic heterocycles. The van der Waals surface area contributed by atoms with Gasteiger partial charge in [0.1, 0.15) is 0 Å². The molecule has 0 unspecified atom stereocenters. The summed E-state index contributed by atoms with van der Waals surface area (Å²) in [4.78, 5) is 11.8. The maximum absolute atomic E-state index is 11.8.